The van der Waals surface area contributed by atoms with Crippen molar-refractivity contribution in [1.29, 1.82) is 0 Å². The van der Waals surface area contributed by atoms with Crippen LogP contribution >= 0.6 is 0 Å². The molecule has 1 amide bonds. The van der Waals surface area contributed by atoms with Gasteiger partial charge in [0.1, 0.15) is 6.04 Å². The van der Waals surface area contributed by atoms with Crippen LogP contribution in [0.5, 0.6) is 0 Å². The molecule has 1 N–H and O–H groups in total. The van der Waals surface area contributed by atoms with E-state index in [2.05, 4.69) is 49.2 Å². The minimum Gasteiger partial charge on any atom is -0.413 e. The zero-order valence-electron chi connectivity index (χ0n) is 11.7. The lowest BCUT2D eigenvalue weighted by atomic mass is 10.0. The molecule has 102 valence electrons. The van der Waals surface area contributed by atoms with Gasteiger partial charge >= 0.3 is 0 Å². The van der Waals surface area contributed by atoms with Crippen LogP contribution in [-0.4, -0.2) is 32.9 Å². The van der Waals surface area contributed by atoms with Gasteiger partial charge in [-0.2, -0.15) is 0 Å². The van der Waals surface area contributed by atoms with Crippen molar-refractivity contribution in [2.45, 2.75) is 57.5 Å². The summed E-state index contributed by atoms with van der Waals surface area (Å²) >= 11 is 0. The quantitative estimate of drug-likeness (QED) is 0.370. The van der Waals surface area contributed by atoms with Crippen molar-refractivity contribution in [3.63, 3.8) is 0 Å². The van der Waals surface area contributed by atoms with Gasteiger partial charge in [0.15, 0.2) is 8.32 Å². The molecular weight excluding hydrogens is 248 g/mol. The van der Waals surface area contributed by atoms with Crippen LogP contribution in [0.4, 0.5) is 0 Å². The zero-order chi connectivity index (χ0) is 14.0. The molecule has 0 spiro atoms. The number of rotatable bonds is 3. The first-order chi connectivity index (χ1) is 8.19. The second-order valence-electron chi connectivity index (χ2n) is 6.15. The first kappa shape index (κ1) is 15.0. The summed E-state index contributed by atoms with van der Waals surface area (Å²) in [6.07, 6.45) is 0.401. The Morgan fingerprint density at radius 3 is 2.61 bits per heavy atom. The fourth-order valence-corrected chi connectivity index (χ4v) is 2.99. The van der Waals surface area contributed by atoms with Gasteiger partial charge in [-0.3, -0.25) is 4.79 Å². The predicted octanol–water partition coefficient (Wildman–Crippen LogP) is 2.58. The average molecular weight is 270 g/mol. The van der Waals surface area contributed by atoms with Gasteiger partial charge in [0, 0.05) is 11.5 Å². The molecule has 0 bridgehead atoms. The van der Waals surface area contributed by atoms with Crippen molar-refractivity contribution in [1.82, 2.24) is 5.32 Å². The van der Waals surface area contributed by atoms with Crippen LogP contribution in [0.15, 0.2) is 5.11 Å². The lowest BCUT2D eigenvalue weighted by molar-refractivity contribution is -0.126. The fourth-order valence-electron chi connectivity index (χ4n) is 1.63. The van der Waals surface area contributed by atoms with Crippen molar-refractivity contribution < 1.29 is 9.22 Å². The van der Waals surface area contributed by atoms with Crippen LogP contribution in [0, 0.1) is 0 Å². The molecule has 1 rings (SSSR count). The highest BCUT2D eigenvalue weighted by Crippen LogP contribution is 2.38. The Balaban J connectivity index is 2.87. The fraction of sp³-hybridized carbons (Fsp3) is 0.909. The Hall–Kier alpha value is -1.04. The molecule has 18 heavy (non-hydrogen) atoms. The number of carbonyl (C=O) groups excluding carboxylic acids is 1. The Morgan fingerprint density at radius 2 is 2.11 bits per heavy atom. The monoisotopic (exact) mass is 270 g/mol. The molecule has 7 heteroatoms. The minimum absolute atomic E-state index is 0.0713. The standard InChI is InChI=1S/C11H22N4O2Si/c1-11(2,3)18(4,5)17-8-6-7-13-10(16)9(8)14-15-12/h8-9H,6-7H2,1-5H3,(H,13,16)/t8-,9-/m0/s1. The number of nitrogens with zero attached hydrogens (tertiary/aromatic N) is 3. The first-order valence-electron chi connectivity index (χ1n) is 6.19. The predicted molar refractivity (Wildman–Crippen MR) is 72.6 cm³/mol. The van der Waals surface area contributed by atoms with E-state index in [0.717, 1.165) is 0 Å². The van der Waals surface area contributed by atoms with Gasteiger partial charge in [-0.05, 0) is 30.1 Å². The van der Waals surface area contributed by atoms with E-state index in [1.54, 1.807) is 0 Å². The summed E-state index contributed by atoms with van der Waals surface area (Å²) in [6, 6.07) is -0.738. The van der Waals surface area contributed by atoms with Gasteiger partial charge in [0.2, 0.25) is 5.91 Å². The Morgan fingerprint density at radius 1 is 1.50 bits per heavy atom. The molecule has 2 atom stereocenters. The summed E-state index contributed by atoms with van der Waals surface area (Å²) in [7, 11) is -1.96. The van der Waals surface area contributed by atoms with Gasteiger partial charge in [0.25, 0.3) is 0 Å². The second kappa shape index (κ2) is 5.30. The third-order valence-electron chi connectivity index (χ3n) is 3.78. The van der Waals surface area contributed by atoms with E-state index in [-0.39, 0.29) is 17.0 Å². The molecule has 0 radical (unpaired) electrons. The molecule has 0 unspecified atom stereocenters. The SMILES string of the molecule is CC(C)(C)[Si](C)(C)O[C@H]1CCNC(=O)[C@H]1N=[N+]=[N-]. The number of hydrogen-bond donors (Lipinski definition) is 1. The molecule has 0 saturated carbocycles. The zero-order valence-corrected chi connectivity index (χ0v) is 12.7. The van der Waals surface area contributed by atoms with Crippen molar-refractivity contribution in [3.8, 4) is 0 Å². The van der Waals surface area contributed by atoms with Gasteiger partial charge < -0.3 is 9.74 Å². The molecule has 1 aliphatic rings. The number of carbonyl (C=O) groups is 1. The van der Waals surface area contributed by atoms with Crippen molar-refractivity contribution in [2.75, 3.05) is 6.54 Å². The maximum Gasteiger partial charge on any atom is 0.231 e. The molecule has 0 aromatic rings. The third kappa shape index (κ3) is 3.25. The maximum atomic E-state index is 11.7. The van der Waals surface area contributed by atoms with Crippen molar-refractivity contribution >= 4 is 14.2 Å². The topological polar surface area (TPSA) is 87.1 Å². The number of azide groups is 1. The van der Waals surface area contributed by atoms with E-state index >= 15 is 0 Å². The largest absolute Gasteiger partial charge is 0.413 e. The average Bonchev–Trinajstić information content (AvgIpc) is 2.21. The Bertz CT molecular complexity index is 372. The Labute approximate surface area is 109 Å². The highest BCUT2D eigenvalue weighted by molar-refractivity contribution is 6.74. The maximum absolute atomic E-state index is 11.7. The van der Waals surface area contributed by atoms with Crippen molar-refractivity contribution in [3.05, 3.63) is 10.4 Å². The molecule has 0 aliphatic carbocycles. The van der Waals surface area contributed by atoms with Crippen LogP contribution in [0.25, 0.3) is 10.4 Å². The molecule has 1 saturated heterocycles. The Kier molecular flexibility index (Phi) is 4.42. The van der Waals surface area contributed by atoms with E-state index in [1.807, 2.05) is 0 Å². The summed E-state index contributed by atoms with van der Waals surface area (Å²) in [5.41, 5.74) is 8.55. The third-order valence-corrected chi connectivity index (χ3v) is 8.28. The highest BCUT2D eigenvalue weighted by Gasteiger charge is 2.42. The first-order valence-corrected chi connectivity index (χ1v) is 9.09. The summed E-state index contributed by atoms with van der Waals surface area (Å²) < 4.78 is 6.19. The normalized spacial score (nSPS) is 25.3. The van der Waals surface area contributed by atoms with Crippen LogP contribution in [0.3, 0.4) is 0 Å². The summed E-state index contributed by atoms with van der Waals surface area (Å²) in [4.78, 5) is 14.4. The van der Waals surface area contributed by atoms with Gasteiger partial charge in [0.05, 0.1) is 6.10 Å². The molecule has 1 aliphatic heterocycles. The van der Waals surface area contributed by atoms with Crippen LogP contribution < -0.4 is 5.32 Å². The number of nitrogens with one attached hydrogen (secondary N) is 1. The molecule has 0 aromatic carbocycles. The number of piperidine rings is 1. The molecular formula is C11H22N4O2Si. The summed E-state index contributed by atoms with van der Waals surface area (Å²) in [5, 5.41) is 6.35. The van der Waals surface area contributed by atoms with Crippen LogP contribution in [0.1, 0.15) is 27.2 Å². The number of amides is 1. The minimum atomic E-state index is -1.96. The smallest absolute Gasteiger partial charge is 0.231 e. The van der Waals surface area contributed by atoms with Gasteiger partial charge in [-0.15, -0.1) is 0 Å². The van der Waals surface area contributed by atoms with E-state index in [4.69, 9.17) is 9.96 Å². The van der Waals surface area contributed by atoms with E-state index in [0.29, 0.717) is 13.0 Å². The van der Waals surface area contributed by atoms with E-state index < -0.39 is 14.4 Å². The van der Waals surface area contributed by atoms with Crippen molar-refractivity contribution in [2.24, 2.45) is 5.11 Å². The van der Waals surface area contributed by atoms with E-state index in [1.165, 1.54) is 0 Å². The molecule has 1 fully saturated rings. The highest BCUT2D eigenvalue weighted by atomic mass is 28.4. The van der Waals surface area contributed by atoms with Gasteiger partial charge in [-0.25, -0.2) is 0 Å². The number of hydrogen-bond acceptors (Lipinski definition) is 3. The van der Waals surface area contributed by atoms with Gasteiger partial charge in [-0.1, -0.05) is 25.9 Å². The molecule has 6 nitrogen and oxygen atoms in total. The van der Waals surface area contributed by atoms with Crippen LogP contribution in [-0.2, 0) is 9.22 Å². The molecule has 0 aromatic heterocycles. The lowest BCUT2D eigenvalue weighted by Crippen LogP contribution is -2.54. The summed E-state index contributed by atoms with van der Waals surface area (Å²) in [5.74, 6) is -0.234. The lowest BCUT2D eigenvalue weighted by Gasteiger charge is -2.41. The second-order valence-corrected chi connectivity index (χ2v) is 10.9. The van der Waals surface area contributed by atoms with E-state index in [9.17, 15) is 4.79 Å². The molecule has 1 heterocycles. The summed E-state index contributed by atoms with van der Waals surface area (Å²) in [6.45, 7) is 11.3. The van der Waals surface area contributed by atoms with Crippen LogP contribution in [0.2, 0.25) is 18.1 Å².